The Morgan fingerprint density at radius 2 is 1.22 bits per heavy atom. The number of aliphatic carboxylic acids is 2. The zero-order chi connectivity index (χ0) is 66.4. The number of aryl methyl sites for hydroxylation is 3. The number of hydrogen-bond acceptors (Lipinski definition) is 17. The van der Waals surface area contributed by atoms with Gasteiger partial charge in [0.25, 0.3) is 0 Å². The summed E-state index contributed by atoms with van der Waals surface area (Å²) in [6.07, 6.45) is 19.5. The second-order valence-corrected chi connectivity index (χ2v) is 24.6. The van der Waals surface area contributed by atoms with E-state index in [4.69, 9.17) is 24.1 Å². The summed E-state index contributed by atoms with van der Waals surface area (Å²) in [5, 5.41) is 37.3. The quantitative estimate of drug-likeness (QED) is 0.0135. The summed E-state index contributed by atoms with van der Waals surface area (Å²) in [7, 11) is 0. The number of Topliss-reactive ketones (excluding diaryl/α,β-unsaturated/α-hetero) is 1. The third kappa shape index (κ3) is 24.6. The molecule has 92 heavy (non-hydrogen) atoms. The summed E-state index contributed by atoms with van der Waals surface area (Å²) in [6.45, 7) is 7.64. The molecule has 1 aliphatic carbocycles. The lowest BCUT2D eigenvalue weighted by atomic mass is 9.99. The highest BCUT2D eigenvalue weighted by Crippen LogP contribution is 2.59. The number of carboxylic acids is 2. The van der Waals surface area contributed by atoms with Crippen molar-refractivity contribution < 1.29 is 72.3 Å². The molecule has 2 fully saturated rings. The lowest BCUT2D eigenvalue weighted by Crippen LogP contribution is -2.47. The highest BCUT2D eigenvalue weighted by Gasteiger charge is 2.67. The molecule has 504 valence electrons. The van der Waals surface area contributed by atoms with Crippen LogP contribution in [-0.4, -0.2) is 184 Å². The summed E-state index contributed by atoms with van der Waals surface area (Å²) in [4.78, 5) is 129. The SMILES string of the molecule is CC(=O)c1nn(CC(=O)N2[C@H](C(=O)Nc3nc(Br)ccc3C)C[C@@]3(CNC(=O)COCCOCCNC(=O)COCCOCCNC(=O)CC[C@H](NC(=O)CCCCCCCCCCCCCCCCC(=O)O)C(=O)O)C[C@@H]23)c2c(C)cc(-c3cnc(C)nc3)cc12. The fourth-order valence-corrected chi connectivity index (χ4v) is 11.7. The summed E-state index contributed by atoms with van der Waals surface area (Å²) in [5.41, 5.74) is 3.28. The van der Waals surface area contributed by atoms with Crippen LogP contribution >= 0.6 is 15.9 Å². The average Bonchev–Trinajstić information content (AvgIpc) is 1.54. The predicted octanol–water partition coefficient (Wildman–Crippen LogP) is 6.87. The minimum atomic E-state index is -1.20. The number of halogens is 1. The minimum Gasteiger partial charge on any atom is -0.481 e. The molecule has 1 saturated heterocycles. The first kappa shape index (κ1) is 73.7. The molecule has 6 rings (SSSR count). The molecule has 3 aromatic heterocycles. The van der Waals surface area contributed by atoms with E-state index in [1.165, 1.54) is 43.7 Å². The number of pyridine rings is 1. The van der Waals surface area contributed by atoms with Crippen LogP contribution in [0.1, 0.15) is 163 Å². The van der Waals surface area contributed by atoms with Crippen molar-refractivity contribution in [3.8, 4) is 11.1 Å². The second-order valence-electron chi connectivity index (χ2n) is 23.8. The van der Waals surface area contributed by atoms with Crippen molar-refractivity contribution >= 4 is 85.8 Å². The molecule has 6 amide bonds. The molecule has 26 nitrogen and oxygen atoms in total. The van der Waals surface area contributed by atoms with Crippen LogP contribution in [0.15, 0.2) is 41.3 Å². The van der Waals surface area contributed by atoms with E-state index in [0.717, 1.165) is 73.6 Å². The Balaban J connectivity index is 0.781. The maximum Gasteiger partial charge on any atom is 0.326 e. The Morgan fingerprint density at radius 1 is 0.652 bits per heavy atom. The van der Waals surface area contributed by atoms with Gasteiger partial charge in [0, 0.05) is 80.6 Å². The molecule has 27 heteroatoms. The lowest BCUT2D eigenvalue weighted by molar-refractivity contribution is -0.142. The second kappa shape index (κ2) is 38.6. The number of carbonyl (C=O) groups excluding carboxylic acids is 7. The average molecular weight is 1350 g/mol. The summed E-state index contributed by atoms with van der Waals surface area (Å²) >= 11 is 3.37. The Kier molecular flexibility index (Phi) is 31.0. The highest BCUT2D eigenvalue weighted by molar-refractivity contribution is 9.10. The van der Waals surface area contributed by atoms with Crippen LogP contribution in [0.4, 0.5) is 5.82 Å². The number of piperidine rings is 1. The van der Waals surface area contributed by atoms with Crippen LogP contribution in [0.25, 0.3) is 22.0 Å². The predicted molar refractivity (Wildman–Crippen MR) is 344 cm³/mol. The number of carbonyl (C=O) groups is 9. The monoisotopic (exact) mass is 1350 g/mol. The molecular weight excluding hydrogens is 1250 g/mol. The number of ketones is 1. The van der Waals surface area contributed by atoms with Gasteiger partial charge in [0.2, 0.25) is 35.4 Å². The molecule has 1 aromatic carbocycles. The van der Waals surface area contributed by atoms with Gasteiger partial charge in [-0.3, -0.25) is 43.0 Å². The van der Waals surface area contributed by atoms with Gasteiger partial charge < -0.3 is 60.6 Å². The van der Waals surface area contributed by atoms with Crippen LogP contribution in [0, 0.1) is 26.2 Å². The van der Waals surface area contributed by atoms with Crippen molar-refractivity contribution in [2.45, 2.75) is 181 Å². The Bertz CT molecular complexity index is 3130. The highest BCUT2D eigenvalue weighted by atomic mass is 79.9. The number of amides is 6. The molecule has 4 heterocycles. The molecule has 1 aliphatic heterocycles. The molecule has 0 unspecified atom stereocenters. The van der Waals surface area contributed by atoms with Crippen LogP contribution in [-0.2, 0) is 63.8 Å². The van der Waals surface area contributed by atoms with E-state index in [1.807, 2.05) is 32.0 Å². The van der Waals surface area contributed by atoms with Crippen molar-refractivity contribution in [3.05, 3.63) is 63.9 Å². The van der Waals surface area contributed by atoms with Gasteiger partial charge in [0.15, 0.2) is 5.78 Å². The minimum absolute atomic E-state index is 0.0513. The number of likely N-dealkylation sites (tertiary alicyclic amines) is 1. The first-order chi connectivity index (χ1) is 44.2. The topological polar surface area (TPSA) is 351 Å². The molecule has 0 radical (unpaired) electrons. The first-order valence-electron chi connectivity index (χ1n) is 32.2. The van der Waals surface area contributed by atoms with Crippen molar-refractivity contribution in [2.24, 2.45) is 5.41 Å². The Labute approximate surface area is 545 Å². The van der Waals surface area contributed by atoms with Gasteiger partial charge in [0.1, 0.15) is 53.8 Å². The van der Waals surface area contributed by atoms with E-state index < -0.39 is 35.3 Å². The van der Waals surface area contributed by atoms with Gasteiger partial charge in [0.05, 0.1) is 45.2 Å². The number of unbranched alkanes of at least 4 members (excludes halogenated alkanes) is 13. The van der Waals surface area contributed by atoms with Gasteiger partial charge >= 0.3 is 11.9 Å². The zero-order valence-corrected chi connectivity index (χ0v) is 55.2. The van der Waals surface area contributed by atoms with E-state index in [0.29, 0.717) is 40.0 Å². The smallest absolute Gasteiger partial charge is 0.326 e. The van der Waals surface area contributed by atoms with Crippen LogP contribution in [0.3, 0.4) is 0 Å². The van der Waals surface area contributed by atoms with Gasteiger partial charge in [-0.15, -0.1) is 0 Å². The van der Waals surface area contributed by atoms with Crippen LogP contribution in [0.5, 0.6) is 0 Å². The Hall–Kier alpha value is -7.33. The fourth-order valence-electron chi connectivity index (χ4n) is 11.4. The number of carboxylic acid groups (broad SMARTS) is 2. The standard InChI is InChI=1S/C65H92BrN11O15/c1-43-21-23-53(66)73-62(43)74-63(86)51-35-65(36-52(65)77(51)58(83)39-76-61-44(2)33-47(48-37-69-46(4)70-38-48)34-49(61)60(75-76)45(3)78)42-71-57(82)41-92-32-30-90-28-26-68-56(81)40-91-31-29-89-27-25-67-54(79)24-22-50(64(87)88)72-55(80)19-17-15-13-11-9-7-5-6-8-10-12-14-16-18-20-59(84)85/h21,23,33-34,37-38,50-52H,5-20,22,24-32,35-36,39-42H2,1-4H3,(H,67,79)(H,68,81)(H,71,82)(H,72,80)(H,84,85)(H,87,88)(H,73,74,86)/t50-,51-,52+,65-/m0/s1. The number of anilines is 1. The van der Waals surface area contributed by atoms with Gasteiger partial charge in [-0.25, -0.2) is 19.7 Å². The van der Waals surface area contributed by atoms with E-state index in [-0.39, 0.29) is 158 Å². The third-order valence-electron chi connectivity index (χ3n) is 16.4. The normalized spacial score (nSPS) is 16.0. The van der Waals surface area contributed by atoms with Crippen LogP contribution in [0.2, 0.25) is 0 Å². The van der Waals surface area contributed by atoms with Gasteiger partial charge in [-0.1, -0.05) is 83.1 Å². The van der Waals surface area contributed by atoms with Crippen molar-refractivity contribution in [2.75, 3.05) is 77.8 Å². The summed E-state index contributed by atoms with van der Waals surface area (Å²) < 4.78 is 24.0. The van der Waals surface area contributed by atoms with Crippen molar-refractivity contribution in [1.82, 2.24) is 50.9 Å². The molecule has 0 spiro atoms. The van der Waals surface area contributed by atoms with E-state index in [9.17, 15) is 48.3 Å². The Morgan fingerprint density at radius 3 is 1.80 bits per heavy atom. The molecule has 1 saturated carbocycles. The molecule has 2 aliphatic rings. The zero-order valence-electron chi connectivity index (χ0n) is 53.6. The van der Waals surface area contributed by atoms with Gasteiger partial charge in [-0.05, 0) is 104 Å². The van der Waals surface area contributed by atoms with E-state index >= 15 is 0 Å². The maximum atomic E-state index is 14.6. The number of rotatable bonds is 46. The summed E-state index contributed by atoms with van der Waals surface area (Å²) in [5.74, 6) is -3.51. The van der Waals surface area contributed by atoms with Gasteiger partial charge in [-0.2, -0.15) is 5.10 Å². The van der Waals surface area contributed by atoms with E-state index in [2.05, 4.69) is 62.6 Å². The van der Waals surface area contributed by atoms with Crippen molar-refractivity contribution in [1.29, 1.82) is 0 Å². The maximum absolute atomic E-state index is 14.6. The molecular formula is C65H92BrN11O15. The number of hydrogen-bond donors (Lipinski definition) is 7. The molecule has 4 atom stereocenters. The lowest BCUT2D eigenvalue weighted by Gasteiger charge is -2.27. The number of nitrogens with one attached hydrogen (secondary N) is 5. The summed E-state index contributed by atoms with van der Waals surface area (Å²) in [6, 6.07) is 4.91. The first-order valence-corrected chi connectivity index (χ1v) is 33.0. The number of aromatic nitrogens is 5. The number of ether oxygens (including phenoxy) is 4. The fraction of sp³-hybridized carbons (Fsp3) is 0.615. The third-order valence-corrected chi connectivity index (χ3v) is 16.8. The molecule has 0 bridgehead atoms. The molecule has 4 aromatic rings. The van der Waals surface area contributed by atoms with E-state index in [1.54, 1.807) is 30.3 Å². The number of nitrogens with zero attached hydrogens (tertiary/aromatic N) is 6. The van der Waals surface area contributed by atoms with Crippen LogP contribution < -0.4 is 26.6 Å². The van der Waals surface area contributed by atoms with Crippen molar-refractivity contribution in [3.63, 3.8) is 0 Å². The number of benzene rings is 1. The molecule has 7 N–H and O–H groups in total. The number of fused-ring (bicyclic) bond motifs is 2. The largest absolute Gasteiger partial charge is 0.481 e.